The highest BCUT2D eigenvalue weighted by molar-refractivity contribution is 6.34. The summed E-state index contributed by atoms with van der Waals surface area (Å²) in [6.07, 6.45) is 2.09. The maximum absolute atomic E-state index is 12.5. The summed E-state index contributed by atoms with van der Waals surface area (Å²) in [7, 11) is 0. The van der Waals surface area contributed by atoms with Crippen LogP contribution in [-0.4, -0.2) is 25.0 Å². The Morgan fingerprint density at radius 2 is 1.91 bits per heavy atom. The van der Waals surface area contributed by atoms with E-state index in [1.807, 2.05) is 42.5 Å². The number of benzene rings is 2. The SMILES string of the molecule is Cl.O=C(NC1CCCNC1)c1cc(-c2ccccc2)ccc1Cl. The average Bonchev–Trinajstić information content (AvgIpc) is 2.57. The lowest BCUT2D eigenvalue weighted by Crippen LogP contribution is -2.45. The van der Waals surface area contributed by atoms with Crippen LogP contribution in [0.25, 0.3) is 11.1 Å². The summed E-state index contributed by atoms with van der Waals surface area (Å²) >= 11 is 6.22. The molecule has 1 aliphatic rings. The van der Waals surface area contributed by atoms with Gasteiger partial charge in [0, 0.05) is 12.6 Å². The third-order valence-electron chi connectivity index (χ3n) is 3.95. The monoisotopic (exact) mass is 350 g/mol. The topological polar surface area (TPSA) is 41.1 Å². The first-order valence-electron chi connectivity index (χ1n) is 7.60. The molecule has 5 heteroatoms. The van der Waals surface area contributed by atoms with Gasteiger partial charge in [-0.25, -0.2) is 0 Å². The maximum Gasteiger partial charge on any atom is 0.253 e. The Bertz CT molecular complexity index is 655. The minimum atomic E-state index is -0.100. The molecule has 122 valence electrons. The van der Waals surface area contributed by atoms with Crippen molar-refractivity contribution in [3.05, 3.63) is 59.1 Å². The Morgan fingerprint density at radius 3 is 2.61 bits per heavy atom. The van der Waals surface area contributed by atoms with Crippen molar-refractivity contribution in [1.29, 1.82) is 0 Å². The van der Waals surface area contributed by atoms with Gasteiger partial charge in [-0.05, 0) is 42.6 Å². The summed E-state index contributed by atoms with van der Waals surface area (Å²) in [5.41, 5.74) is 2.61. The first-order valence-corrected chi connectivity index (χ1v) is 7.98. The number of piperidine rings is 1. The number of hydrogen-bond acceptors (Lipinski definition) is 2. The summed E-state index contributed by atoms with van der Waals surface area (Å²) in [6.45, 7) is 1.85. The van der Waals surface area contributed by atoms with Crippen molar-refractivity contribution in [3.63, 3.8) is 0 Å². The fourth-order valence-corrected chi connectivity index (χ4v) is 2.95. The van der Waals surface area contributed by atoms with Crippen molar-refractivity contribution in [3.8, 4) is 11.1 Å². The number of carbonyl (C=O) groups excluding carboxylic acids is 1. The van der Waals surface area contributed by atoms with Crippen molar-refractivity contribution in [1.82, 2.24) is 10.6 Å². The molecule has 3 rings (SSSR count). The third kappa shape index (κ3) is 4.47. The Labute approximate surface area is 147 Å². The van der Waals surface area contributed by atoms with E-state index in [4.69, 9.17) is 11.6 Å². The molecule has 2 aromatic rings. The second kappa shape index (κ2) is 8.34. The predicted molar refractivity (Wildman–Crippen MR) is 97.5 cm³/mol. The minimum Gasteiger partial charge on any atom is -0.348 e. The van der Waals surface area contributed by atoms with Crippen LogP contribution in [0.15, 0.2) is 48.5 Å². The molecule has 0 bridgehead atoms. The molecule has 3 nitrogen and oxygen atoms in total. The van der Waals surface area contributed by atoms with Gasteiger partial charge in [-0.3, -0.25) is 4.79 Å². The van der Waals surface area contributed by atoms with Gasteiger partial charge in [-0.2, -0.15) is 0 Å². The van der Waals surface area contributed by atoms with Crippen molar-refractivity contribution < 1.29 is 4.79 Å². The number of carbonyl (C=O) groups is 1. The van der Waals surface area contributed by atoms with Gasteiger partial charge in [0.2, 0.25) is 0 Å². The molecule has 0 aromatic heterocycles. The molecule has 1 fully saturated rings. The average molecular weight is 351 g/mol. The van der Waals surface area contributed by atoms with Crippen LogP contribution in [0.3, 0.4) is 0 Å². The fraction of sp³-hybridized carbons (Fsp3) is 0.278. The van der Waals surface area contributed by atoms with Gasteiger partial charge in [0.1, 0.15) is 0 Å². The second-order valence-electron chi connectivity index (χ2n) is 5.58. The molecular formula is C18H20Cl2N2O. The molecule has 0 spiro atoms. The van der Waals surface area contributed by atoms with Crippen LogP contribution in [-0.2, 0) is 0 Å². The van der Waals surface area contributed by atoms with Gasteiger partial charge in [0.15, 0.2) is 0 Å². The largest absolute Gasteiger partial charge is 0.348 e. The van der Waals surface area contributed by atoms with Gasteiger partial charge < -0.3 is 10.6 Å². The maximum atomic E-state index is 12.5. The molecule has 1 atom stereocenters. The van der Waals surface area contributed by atoms with Crippen LogP contribution in [0.2, 0.25) is 5.02 Å². The second-order valence-corrected chi connectivity index (χ2v) is 5.98. The Kier molecular flexibility index (Phi) is 6.46. The van der Waals surface area contributed by atoms with E-state index >= 15 is 0 Å². The van der Waals surface area contributed by atoms with E-state index in [0.29, 0.717) is 10.6 Å². The number of nitrogens with one attached hydrogen (secondary N) is 2. The standard InChI is InChI=1S/C18H19ClN2O.ClH/c19-17-9-8-14(13-5-2-1-3-6-13)11-16(17)18(22)21-15-7-4-10-20-12-15;/h1-3,5-6,8-9,11,15,20H,4,7,10,12H2,(H,21,22);1H. The van der Waals surface area contributed by atoms with Crippen molar-refractivity contribution in [2.24, 2.45) is 0 Å². The lowest BCUT2D eigenvalue weighted by atomic mass is 10.0. The van der Waals surface area contributed by atoms with Gasteiger partial charge >= 0.3 is 0 Å². The molecule has 1 aliphatic heterocycles. The first kappa shape index (κ1) is 17.8. The normalized spacial score (nSPS) is 17.2. The van der Waals surface area contributed by atoms with E-state index in [9.17, 15) is 4.79 Å². The van der Waals surface area contributed by atoms with E-state index < -0.39 is 0 Å². The van der Waals surface area contributed by atoms with Crippen LogP contribution in [0, 0.1) is 0 Å². The molecular weight excluding hydrogens is 331 g/mol. The predicted octanol–water partition coefficient (Wildman–Crippen LogP) is 3.91. The van der Waals surface area contributed by atoms with Crippen LogP contribution in [0.4, 0.5) is 0 Å². The molecule has 1 amide bonds. The zero-order valence-corrected chi connectivity index (χ0v) is 14.3. The van der Waals surface area contributed by atoms with E-state index in [-0.39, 0.29) is 24.4 Å². The zero-order chi connectivity index (χ0) is 15.4. The van der Waals surface area contributed by atoms with Crippen molar-refractivity contribution in [2.75, 3.05) is 13.1 Å². The summed E-state index contributed by atoms with van der Waals surface area (Å²) in [6, 6.07) is 15.8. The fourth-order valence-electron chi connectivity index (χ4n) is 2.75. The third-order valence-corrected chi connectivity index (χ3v) is 4.28. The number of halogens is 2. The molecule has 1 unspecified atom stereocenters. The number of amides is 1. The highest BCUT2D eigenvalue weighted by atomic mass is 35.5. The summed E-state index contributed by atoms with van der Waals surface area (Å²) in [5, 5.41) is 6.85. The van der Waals surface area contributed by atoms with Crippen LogP contribution in [0.1, 0.15) is 23.2 Å². The van der Waals surface area contributed by atoms with Crippen LogP contribution < -0.4 is 10.6 Å². The lowest BCUT2D eigenvalue weighted by molar-refractivity contribution is 0.0931. The van der Waals surface area contributed by atoms with E-state index in [1.54, 1.807) is 6.07 Å². The van der Waals surface area contributed by atoms with Crippen LogP contribution >= 0.6 is 24.0 Å². The van der Waals surface area contributed by atoms with Gasteiger partial charge in [0.05, 0.1) is 10.6 Å². The quantitative estimate of drug-likeness (QED) is 0.880. The van der Waals surface area contributed by atoms with Crippen molar-refractivity contribution in [2.45, 2.75) is 18.9 Å². The molecule has 23 heavy (non-hydrogen) atoms. The van der Waals surface area contributed by atoms with Gasteiger partial charge in [0.25, 0.3) is 5.91 Å². The number of hydrogen-bond donors (Lipinski definition) is 2. The summed E-state index contributed by atoms with van der Waals surface area (Å²) < 4.78 is 0. The Morgan fingerprint density at radius 1 is 1.13 bits per heavy atom. The molecule has 1 saturated heterocycles. The lowest BCUT2D eigenvalue weighted by Gasteiger charge is -2.24. The van der Waals surface area contributed by atoms with E-state index in [2.05, 4.69) is 10.6 Å². The molecule has 0 saturated carbocycles. The van der Waals surface area contributed by atoms with Crippen molar-refractivity contribution >= 4 is 29.9 Å². The van der Waals surface area contributed by atoms with Gasteiger partial charge in [-0.1, -0.05) is 48.0 Å². The molecule has 2 aromatic carbocycles. The smallest absolute Gasteiger partial charge is 0.253 e. The molecule has 0 radical (unpaired) electrons. The highest BCUT2D eigenvalue weighted by Crippen LogP contribution is 2.25. The van der Waals surface area contributed by atoms with E-state index in [0.717, 1.165) is 37.1 Å². The Hall–Kier alpha value is -1.55. The van der Waals surface area contributed by atoms with E-state index in [1.165, 1.54) is 0 Å². The molecule has 0 aliphatic carbocycles. The summed E-state index contributed by atoms with van der Waals surface area (Å²) in [4.78, 5) is 12.5. The molecule has 2 N–H and O–H groups in total. The highest BCUT2D eigenvalue weighted by Gasteiger charge is 2.18. The first-order chi connectivity index (χ1) is 10.7. The Balaban J connectivity index is 0.00000192. The minimum absolute atomic E-state index is 0. The number of rotatable bonds is 3. The zero-order valence-electron chi connectivity index (χ0n) is 12.7. The molecule has 1 heterocycles. The van der Waals surface area contributed by atoms with Crippen LogP contribution in [0.5, 0.6) is 0 Å². The van der Waals surface area contributed by atoms with Gasteiger partial charge in [-0.15, -0.1) is 12.4 Å². The summed E-state index contributed by atoms with van der Waals surface area (Å²) in [5.74, 6) is -0.100.